The first-order chi connectivity index (χ1) is 18.9. The molecule has 1 rings (SSSR count). The number of rotatable bonds is 20. The molecule has 0 spiro atoms. The van der Waals surface area contributed by atoms with Crippen LogP contribution < -0.4 is 38.9 Å². The van der Waals surface area contributed by atoms with E-state index in [2.05, 4.69) is 30.9 Å². The van der Waals surface area contributed by atoms with Gasteiger partial charge in [-0.05, 0) is 45.1 Å². The van der Waals surface area contributed by atoms with Gasteiger partial charge < -0.3 is 54.1 Å². The van der Waals surface area contributed by atoms with Crippen molar-refractivity contribution in [3.8, 4) is 0 Å². The second kappa shape index (κ2) is 18.1. The minimum atomic E-state index is -1.32. The van der Waals surface area contributed by atoms with Crippen LogP contribution in [0.3, 0.4) is 0 Å². The summed E-state index contributed by atoms with van der Waals surface area (Å²) >= 11 is 0. The van der Waals surface area contributed by atoms with Crippen LogP contribution in [0.25, 0.3) is 0 Å². The van der Waals surface area contributed by atoms with E-state index in [1.807, 2.05) is 0 Å². The summed E-state index contributed by atoms with van der Waals surface area (Å²) in [4.78, 5) is 72.1. The molecule has 0 saturated carbocycles. The Kier molecular flexibility index (Phi) is 15.3. The van der Waals surface area contributed by atoms with Crippen LogP contribution in [0, 0.1) is 0 Å². The fourth-order valence-corrected chi connectivity index (χ4v) is 3.59. The number of H-pyrrole nitrogens is 1. The fraction of sp³-hybridized carbons (Fsp3) is 0.609. The number of imidazole rings is 1. The molecule has 0 bridgehead atoms. The van der Waals surface area contributed by atoms with E-state index < -0.39 is 60.2 Å². The summed E-state index contributed by atoms with van der Waals surface area (Å²) in [7, 11) is 0. The molecule has 4 unspecified atom stereocenters. The Hall–Kier alpha value is -4.25. The van der Waals surface area contributed by atoms with Gasteiger partial charge >= 0.3 is 11.9 Å². The molecule has 40 heavy (non-hydrogen) atoms. The molecule has 0 radical (unpaired) electrons. The van der Waals surface area contributed by atoms with E-state index >= 15 is 0 Å². The molecule has 14 N–H and O–H groups in total. The molecule has 0 aliphatic heterocycles. The Morgan fingerprint density at radius 2 is 1.52 bits per heavy atom. The number of nitrogens with one attached hydrogen (secondary N) is 4. The van der Waals surface area contributed by atoms with Crippen LogP contribution in [0.5, 0.6) is 0 Å². The zero-order valence-electron chi connectivity index (χ0n) is 22.2. The molecule has 0 fully saturated rings. The number of guanidine groups is 1. The highest BCUT2D eigenvalue weighted by Crippen LogP contribution is 2.07. The Labute approximate surface area is 230 Å². The lowest BCUT2D eigenvalue weighted by Crippen LogP contribution is -2.57. The van der Waals surface area contributed by atoms with E-state index in [0.717, 1.165) is 0 Å². The number of aromatic amines is 1. The maximum atomic E-state index is 13.1. The van der Waals surface area contributed by atoms with Gasteiger partial charge in [0.25, 0.3) is 0 Å². The molecule has 3 amide bonds. The number of carboxylic acid groups (broad SMARTS) is 2. The number of aliphatic carboxylic acids is 2. The quantitative estimate of drug-likeness (QED) is 0.0424. The molecule has 1 aromatic rings. The Bertz CT molecular complexity index is 998. The minimum absolute atomic E-state index is 0.0804. The van der Waals surface area contributed by atoms with Crippen molar-refractivity contribution in [2.24, 2.45) is 27.9 Å². The molecule has 17 heteroatoms. The number of nitrogens with zero attached hydrogens (tertiary/aromatic N) is 2. The van der Waals surface area contributed by atoms with E-state index in [0.29, 0.717) is 31.5 Å². The van der Waals surface area contributed by atoms with Gasteiger partial charge in [-0.25, -0.2) is 9.78 Å². The predicted molar refractivity (Wildman–Crippen MR) is 143 cm³/mol. The van der Waals surface area contributed by atoms with Gasteiger partial charge in [-0.1, -0.05) is 0 Å². The van der Waals surface area contributed by atoms with Crippen molar-refractivity contribution in [2.75, 3.05) is 13.1 Å². The molecule has 17 nitrogen and oxygen atoms in total. The van der Waals surface area contributed by atoms with Gasteiger partial charge in [-0.2, -0.15) is 0 Å². The van der Waals surface area contributed by atoms with Crippen molar-refractivity contribution in [1.29, 1.82) is 0 Å². The van der Waals surface area contributed by atoms with Crippen molar-refractivity contribution >= 4 is 35.6 Å². The molecule has 224 valence electrons. The molecule has 4 atom stereocenters. The topological polar surface area (TPSA) is 307 Å². The van der Waals surface area contributed by atoms with Crippen LogP contribution in [0.1, 0.15) is 50.6 Å². The van der Waals surface area contributed by atoms with Gasteiger partial charge in [0.2, 0.25) is 17.7 Å². The van der Waals surface area contributed by atoms with Gasteiger partial charge in [-0.15, -0.1) is 0 Å². The third kappa shape index (κ3) is 13.5. The number of unbranched alkanes of at least 4 members (excludes halogenated alkanes) is 1. The standard InChI is InChI=1S/C23H40N10O7/c24-8-2-1-5-15(20(37)33-17(22(39)40)10-13-11-28-12-30-13)32-21(38)16(6-7-18(34)35)31-19(36)14(25)4-3-9-29-23(26)27/h11-12,14-17H,1-10,24-25H2,(H,28,30)(H,31,36)(H,32,38)(H,33,37)(H,34,35)(H,39,40)(H4,26,27,29). The number of aromatic nitrogens is 2. The maximum absolute atomic E-state index is 13.1. The lowest BCUT2D eigenvalue weighted by Gasteiger charge is -2.25. The normalized spacial score (nSPS) is 13.8. The highest BCUT2D eigenvalue weighted by Gasteiger charge is 2.30. The summed E-state index contributed by atoms with van der Waals surface area (Å²) < 4.78 is 0. The van der Waals surface area contributed by atoms with Gasteiger partial charge in [0.05, 0.1) is 12.4 Å². The van der Waals surface area contributed by atoms with Crippen LogP contribution in [-0.4, -0.2) is 93.1 Å². The molecule has 0 saturated heterocycles. The zero-order valence-corrected chi connectivity index (χ0v) is 22.2. The van der Waals surface area contributed by atoms with Crippen molar-refractivity contribution < 1.29 is 34.2 Å². The smallest absolute Gasteiger partial charge is 0.326 e. The van der Waals surface area contributed by atoms with Gasteiger partial charge in [0.1, 0.15) is 18.1 Å². The average Bonchev–Trinajstić information content (AvgIpc) is 3.40. The predicted octanol–water partition coefficient (Wildman–Crippen LogP) is -3.13. The number of hydrogen-bond donors (Lipinski definition) is 10. The highest BCUT2D eigenvalue weighted by atomic mass is 16.4. The third-order valence-corrected chi connectivity index (χ3v) is 5.76. The molecular weight excluding hydrogens is 528 g/mol. The van der Waals surface area contributed by atoms with E-state index in [4.69, 9.17) is 28.0 Å². The van der Waals surface area contributed by atoms with Crippen LogP contribution in [-0.2, 0) is 30.4 Å². The first-order valence-electron chi connectivity index (χ1n) is 12.8. The first kappa shape index (κ1) is 33.8. The summed E-state index contributed by atoms with van der Waals surface area (Å²) in [6.07, 6.45) is 3.63. The summed E-state index contributed by atoms with van der Waals surface area (Å²) in [5.41, 5.74) is 22.4. The minimum Gasteiger partial charge on any atom is -0.481 e. The number of carbonyl (C=O) groups is 5. The number of amides is 3. The second-order valence-electron chi connectivity index (χ2n) is 9.07. The van der Waals surface area contributed by atoms with Crippen LogP contribution >= 0.6 is 0 Å². The molecule has 0 aliphatic carbocycles. The van der Waals surface area contributed by atoms with Crippen molar-refractivity contribution in [3.63, 3.8) is 0 Å². The second-order valence-corrected chi connectivity index (χ2v) is 9.07. The van der Waals surface area contributed by atoms with Gasteiger partial charge in [0.15, 0.2) is 5.96 Å². The van der Waals surface area contributed by atoms with E-state index in [9.17, 15) is 29.1 Å². The van der Waals surface area contributed by atoms with Crippen molar-refractivity contribution in [1.82, 2.24) is 25.9 Å². The van der Waals surface area contributed by atoms with Gasteiger partial charge in [0, 0.05) is 31.3 Å². The lowest BCUT2D eigenvalue weighted by atomic mass is 10.0. The average molecular weight is 569 g/mol. The summed E-state index contributed by atoms with van der Waals surface area (Å²) in [5, 5.41) is 26.0. The van der Waals surface area contributed by atoms with Crippen LogP contribution in [0.4, 0.5) is 0 Å². The largest absolute Gasteiger partial charge is 0.481 e. The molecular formula is C23H40N10O7. The Morgan fingerprint density at radius 3 is 2.08 bits per heavy atom. The number of aliphatic imine (C=N–C) groups is 1. The number of carbonyl (C=O) groups excluding carboxylic acids is 3. The van der Waals surface area contributed by atoms with E-state index in [-0.39, 0.29) is 38.2 Å². The maximum Gasteiger partial charge on any atom is 0.326 e. The highest BCUT2D eigenvalue weighted by molar-refractivity contribution is 5.94. The third-order valence-electron chi connectivity index (χ3n) is 5.76. The Balaban J connectivity index is 2.96. The van der Waals surface area contributed by atoms with Gasteiger partial charge in [-0.3, -0.25) is 24.2 Å². The summed E-state index contributed by atoms with van der Waals surface area (Å²) in [6, 6.07) is -4.85. The van der Waals surface area contributed by atoms with E-state index in [1.165, 1.54) is 12.5 Å². The lowest BCUT2D eigenvalue weighted by molar-refractivity contribution is -0.142. The SMILES string of the molecule is NCCCCC(NC(=O)C(CCC(=O)O)NC(=O)C(N)CCCN=C(N)N)C(=O)NC(Cc1cnc[nH]1)C(=O)O. The molecule has 0 aromatic carbocycles. The molecule has 0 aliphatic rings. The van der Waals surface area contributed by atoms with E-state index in [1.54, 1.807) is 0 Å². The van der Waals surface area contributed by atoms with Crippen molar-refractivity contribution in [3.05, 3.63) is 18.2 Å². The van der Waals surface area contributed by atoms with Crippen molar-refractivity contribution in [2.45, 2.75) is 75.5 Å². The first-order valence-corrected chi connectivity index (χ1v) is 12.8. The molecule has 1 aromatic heterocycles. The summed E-state index contributed by atoms with van der Waals surface area (Å²) in [5.74, 6) is -4.90. The monoisotopic (exact) mass is 568 g/mol. The number of carboxylic acids is 2. The zero-order chi connectivity index (χ0) is 30.1. The molecule has 1 heterocycles. The number of hydrogen-bond acceptors (Lipinski definition) is 9. The fourth-order valence-electron chi connectivity index (χ4n) is 3.59. The van der Waals surface area contributed by atoms with Crippen LogP contribution in [0.15, 0.2) is 17.5 Å². The Morgan fingerprint density at radius 1 is 0.900 bits per heavy atom. The number of nitrogens with two attached hydrogens (primary N) is 4. The summed E-state index contributed by atoms with van der Waals surface area (Å²) in [6.45, 7) is 0.571. The van der Waals surface area contributed by atoms with Crippen LogP contribution in [0.2, 0.25) is 0 Å².